The molecule has 3 N–H and O–H groups in total. The lowest BCUT2D eigenvalue weighted by molar-refractivity contribution is -0.125. The second kappa shape index (κ2) is 12.3. The minimum atomic E-state index is -0.461. The van der Waals surface area contributed by atoms with Crippen molar-refractivity contribution in [1.29, 1.82) is 0 Å². The van der Waals surface area contributed by atoms with Gasteiger partial charge < -0.3 is 20.7 Å². The first kappa shape index (κ1) is 24.6. The molecule has 7 heteroatoms. The van der Waals surface area contributed by atoms with Crippen molar-refractivity contribution in [2.45, 2.75) is 39.7 Å². The molecule has 0 aliphatic carbocycles. The number of rotatable bonds is 11. The van der Waals surface area contributed by atoms with Gasteiger partial charge in [0.05, 0.1) is 6.61 Å². The Morgan fingerprint density at radius 1 is 1.03 bits per heavy atom. The van der Waals surface area contributed by atoms with Crippen molar-refractivity contribution in [2.24, 2.45) is 5.73 Å². The van der Waals surface area contributed by atoms with E-state index >= 15 is 0 Å². The van der Waals surface area contributed by atoms with Crippen molar-refractivity contribution in [3.05, 3.63) is 59.2 Å². The molecule has 3 rings (SSSR count). The Balaban J connectivity index is 1.38. The molecule has 1 aliphatic rings. The van der Waals surface area contributed by atoms with Crippen LogP contribution < -0.4 is 20.7 Å². The van der Waals surface area contributed by atoms with E-state index in [-0.39, 0.29) is 18.7 Å². The minimum Gasteiger partial charge on any atom is -0.494 e. The third kappa shape index (κ3) is 7.79. The van der Waals surface area contributed by atoms with Crippen LogP contribution in [0.5, 0.6) is 5.75 Å². The summed E-state index contributed by atoms with van der Waals surface area (Å²) in [6.45, 7) is 10.5. The molecule has 1 fully saturated rings. The average molecular weight is 453 g/mol. The number of piperazine rings is 1. The molecule has 0 radical (unpaired) electrons. The lowest BCUT2D eigenvalue weighted by Crippen LogP contribution is -2.46. The number of primary amides is 1. The number of carbonyl (C=O) groups is 2. The molecular weight excluding hydrogens is 416 g/mol. The van der Waals surface area contributed by atoms with Gasteiger partial charge in [-0.1, -0.05) is 24.3 Å². The molecule has 2 aromatic carbocycles. The van der Waals surface area contributed by atoms with Crippen LogP contribution in [0.15, 0.2) is 42.5 Å². The van der Waals surface area contributed by atoms with Crippen molar-refractivity contribution in [1.82, 2.24) is 10.2 Å². The molecule has 0 saturated carbocycles. The molecule has 1 saturated heterocycles. The number of aryl methyl sites for hydroxylation is 1. The van der Waals surface area contributed by atoms with Crippen LogP contribution in [-0.4, -0.2) is 56.0 Å². The number of nitrogens with one attached hydrogen (secondary N) is 1. The van der Waals surface area contributed by atoms with Gasteiger partial charge in [-0.2, -0.15) is 0 Å². The van der Waals surface area contributed by atoms with Crippen LogP contribution in [0.25, 0.3) is 0 Å². The number of nitrogens with two attached hydrogens (primary N) is 1. The van der Waals surface area contributed by atoms with E-state index in [1.807, 2.05) is 12.1 Å². The maximum atomic E-state index is 11.6. The van der Waals surface area contributed by atoms with Crippen molar-refractivity contribution in [3.8, 4) is 5.75 Å². The summed E-state index contributed by atoms with van der Waals surface area (Å²) < 4.78 is 5.86. The number of nitrogens with zero attached hydrogens (tertiary/aromatic N) is 2. The van der Waals surface area contributed by atoms with Gasteiger partial charge in [-0.05, 0) is 55.2 Å². The summed E-state index contributed by atoms with van der Waals surface area (Å²) in [5.41, 5.74) is 10.4. The monoisotopic (exact) mass is 452 g/mol. The van der Waals surface area contributed by atoms with Crippen molar-refractivity contribution in [2.75, 3.05) is 44.2 Å². The quantitative estimate of drug-likeness (QED) is 0.512. The molecule has 33 heavy (non-hydrogen) atoms. The van der Waals surface area contributed by atoms with Gasteiger partial charge in [-0.25, -0.2) is 0 Å². The molecule has 0 bridgehead atoms. The number of carbonyl (C=O) groups excluding carboxylic acids is 2. The van der Waals surface area contributed by atoms with Gasteiger partial charge in [0, 0.05) is 57.8 Å². The SMILES string of the molecule is Cc1cccc(N2CCN(Cc3cccc(OCCCNC(=O)CCC(N)=O)c3)CC2)c1C. The first-order valence-corrected chi connectivity index (χ1v) is 11.7. The summed E-state index contributed by atoms with van der Waals surface area (Å²) in [7, 11) is 0. The fraction of sp³-hybridized carbons (Fsp3) is 0.462. The third-order valence-corrected chi connectivity index (χ3v) is 6.10. The smallest absolute Gasteiger partial charge is 0.220 e. The Kier molecular flexibility index (Phi) is 9.13. The number of hydrogen-bond acceptors (Lipinski definition) is 5. The molecule has 0 unspecified atom stereocenters. The predicted molar refractivity (Wildman–Crippen MR) is 131 cm³/mol. The van der Waals surface area contributed by atoms with Gasteiger partial charge in [0.1, 0.15) is 5.75 Å². The van der Waals surface area contributed by atoms with E-state index in [0.717, 1.165) is 38.5 Å². The van der Waals surface area contributed by atoms with Gasteiger partial charge in [0.15, 0.2) is 0 Å². The Morgan fingerprint density at radius 2 is 1.79 bits per heavy atom. The largest absolute Gasteiger partial charge is 0.494 e. The maximum Gasteiger partial charge on any atom is 0.220 e. The number of anilines is 1. The molecule has 2 aromatic rings. The number of hydrogen-bond donors (Lipinski definition) is 2. The Morgan fingerprint density at radius 3 is 2.55 bits per heavy atom. The van der Waals surface area contributed by atoms with Crippen LogP contribution in [0.3, 0.4) is 0 Å². The molecule has 0 aromatic heterocycles. The average Bonchev–Trinajstić information content (AvgIpc) is 2.80. The highest BCUT2D eigenvalue weighted by molar-refractivity contribution is 5.82. The lowest BCUT2D eigenvalue weighted by Gasteiger charge is -2.37. The van der Waals surface area contributed by atoms with Gasteiger partial charge in [0.2, 0.25) is 11.8 Å². The van der Waals surface area contributed by atoms with Crippen molar-refractivity contribution >= 4 is 17.5 Å². The summed E-state index contributed by atoms with van der Waals surface area (Å²) >= 11 is 0. The van der Waals surface area contributed by atoms with E-state index in [2.05, 4.69) is 59.3 Å². The Hall–Kier alpha value is -3.06. The van der Waals surface area contributed by atoms with Gasteiger partial charge in [-0.15, -0.1) is 0 Å². The third-order valence-electron chi connectivity index (χ3n) is 6.10. The highest BCUT2D eigenvalue weighted by Crippen LogP contribution is 2.24. The summed E-state index contributed by atoms with van der Waals surface area (Å²) in [5, 5.41) is 2.77. The van der Waals surface area contributed by atoms with E-state index in [1.165, 1.54) is 22.4 Å². The van der Waals surface area contributed by atoms with Crippen LogP contribution >= 0.6 is 0 Å². The molecule has 0 spiro atoms. The molecule has 178 valence electrons. The van der Waals surface area contributed by atoms with Gasteiger partial charge in [0.25, 0.3) is 0 Å². The summed E-state index contributed by atoms with van der Waals surface area (Å²) in [6.07, 6.45) is 0.916. The van der Waals surface area contributed by atoms with E-state index in [0.29, 0.717) is 19.6 Å². The Labute approximate surface area is 196 Å². The second-order valence-electron chi connectivity index (χ2n) is 8.65. The van der Waals surface area contributed by atoms with E-state index in [9.17, 15) is 9.59 Å². The summed E-state index contributed by atoms with van der Waals surface area (Å²) in [5.74, 6) is 0.228. The standard InChI is InChI=1S/C26H36N4O3/c1-20-6-3-9-24(21(20)2)30-15-13-29(14-16-30)19-22-7-4-8-23(18-22)33-17-5-12-28-26(32)11-10-25(27)31/h3-4,6-9,18H,5,10-17,19H2,1-2H3,(H2,27,31)(H,28,32). The predicted octanol–water partition coefficient (Wildman–Crippen LogP) is 2.78. The fourth-order valence-corrected chi connectivity index (χ4v) is 4.03. The van der Waals surface area contributed by atoms with E-state index < -0.39 is 5.91 Å². The molecule has 1 heterocycles. The zero-order chi connectivity index (χ0) is 23.6. The zero-order valence-electron chi connectivity index (χ0n) is 19.8. The molecule has 7 nitrogen and oxygen atoms in total. The topological polar surface area (TPSA) is 87.9 Å². The van der Waals surface area contributed by atoms with Crippen molar-refractivity contribution in [3.63, 3.8) is 0 Å². The highest BCUT2D eigenvalue weighted by Gasteiger charge is 2.19. The second-order valence-corrected chi connectivity index (χ2v) is 8.65. The molecule has 1 aliphatic heterocycles. The zero-order valence-corrected chi connectivity index (χ0v) is 19.8. The highest BCUT2D eigenvalue weighted by atomic mass is 16.5. The van der Waals surface area contributed by atoms with Crippen LogP contribution in [0.1, 0.15) is 36.0 Å². The van der Waals surface area contributed by atoms with Crippen LogP contribution in [-0.2, 0) is 16.1 Å². The van der Waals surface area contributed by atoms with Crippen LogP contribution in [0, 0.1) is 13.8 Å². The lowest BCUT2D eigenvalue weighted by atomic mass is 10.1. The molecule has 0 atom stereocenters. The van der Waals surface area contributed by atoms with Crippen LogP contribution in [0.4, 0.5) is 5.69 Å². The van der Waals surface area contributed by atoms with Gasteiger partial charge in [-0.3, -0.25) is 14.5 Å². The summed E-state index contributed by atoms with van der Waals surface area (Å²) in [4.78, 5) is 27.3. The first-order chi connectivity index (χ1) is 15.9. The maximum absolute atomic E-state index is 11.6. The normalized spacial score (nSPS) is 14.2. The number of benzene rings is 2. The molecular formula is C26H36N4O3. The fourth-order valence-electron chi connectivity index (χ4n) is 4.03. The van der Waals surface area contributed by atoms with E-state index in [4.69, 9.17) is 10.5 Å². The Bertz CT molecular complexity index is 939. The van der Waals surface area contributed by atoms with Crippen LogP contribution in [0.2, 0.25) is 0 Å². The van der Waals surface area contributed by atoms with E-state index in [1.54, 1.807) is 0 Å². The number of ether oxygens (including phenoxy) is 1. The molecule has 2 amide bonds. The minimum absolute atomic E-state index is 0.0791. The van der Waals surface area contributed by atoms with Crippen molar-refractivity contribution < 1.29 is 14.3 Å². The number of amides is 2. The summed E-state index contributed by atoms with van der Waals surface area (Å²) in [6, 6.07) is 14.8. The van der Waals surface area contributed by atoms with Gasteiger partial charge >= 0.3 is 0 Å². The first-order valence-electron chi connectivity index (χ1n) is 11.7.